The van der Waals surface area contributed by atoms with Crippen molar-refractivity contribution in [3.05, 3.63) is 60.8 Å². The van der Waals surface area contributed by atoms with Crippen LogP contribution in [0.4, 0.5) is 14.5 Å². The summed E-state index contributed by atoms with van der Waals surface area (Å²) in [4.78, 5) is 36.8. The molecule has 0 radical (unpaired) electrons. The molecule has 11 heteroatoms. The van der Waals surface area contributed by atoms with E-state index in [1.807, 2.05) is 13.8 Å². The van der Waals surface area contributed by atoms with Crippen molar-refractivity contribution in [3.63, 3.8) is 0 Å². The molecule has 2 unspecified atom stereocenters. The van der Waals surface area contributed by atoms with E-state index in [-0.39, 0.29) is 57.1 Å². The van der Waals surface area contributed by atoms with Crippen LogP contribution in [0.1, 0.15) is 38.8 Å². The van der Waals surface area contributed by atoms with Crippen LogP contribution in [0.15, 0.2) is 38.0 Å². The zero-order valence-electron chi connectivity index (χ0n) is 20.5. The molecule has 5 rings (SSSR count). The number of nitrogens with zero attached hydrogens (tertiary/aromatic N) is 2. The van der Waals surface area contributed by atoms with Gasteiger partial charge in [0.15, 0.2) is 11.5 Å². The highest BCUT2D eigenvalue weighted by atomic mass is 79.9. The number of aryl methyl sites for hydroxylation is 1. The van der Waals surface area contributed by atoms with E-state index in [4.69, 9.17) is 9.47 Å². The van der Waals surface area contributed by atoms with Crippen molar-refractivity contribution < 1.29 is 27.8 Å². The Labute approximate surface area is 228 Å². The van der Waals surface area contributed by atoms with E-state index in [1.54, 1.807) is 17.6 Å². The average Bonchev–Trinajstić information content (AvgIpc) is 2.82. The third kappa shape index (κ3) is 5.03. The molecule has 0 bridgehead atoms. The van der Waals surface area contributed by atoms with E-state index in [0.717, 1.165) is 10.9 Å². The maximum absolute atomic E-state index is 13.8. The van der Waals surface area contributed by atoms with Gasteiger partial charge in [0.2, 0.25) is 5.91 Å². The quantitative estimate of drug-likeness (QED) is 0.328. The van der Waals surface area contributed by atoms with Crippen molar-refractivity contribution in [3.8, 4) is 11.5 Å². The first-order chi connectivity index (χ1) is 17.4. The number of amides is 1. The highest BCUT2D eigenvalue weighted by Gasteiger charge is 2.32. The molecule has 0 aliphatic carbocycles. The highest BCUT2D eigenvalue weighted by Crippen LogP contribution is 2.42. The summed E-state index contributed by atoms with van der Waals surface area (Å²) in [6.45, 7) is 7.53. The molecule has 0 saturated carbocycles. The van der Waals surface area contributed by atoms with Gasteiger partial charge < -0.3 is 14.4 Å². The lowest BCUT2D eigenvalue weighted by atomic mass is 10.1. The number of carbonyl (C=O) groups is 2. The number of Topliss-reactive ketones (excluding diaryl/α,β-unsaturated/α-hetero) is 1. The first kappa shape index (κ1) is 27.3. The summed E-state index contributed by atoms with van der Waals surface area (Å²) < 4.78 is 40.5. The molecule has 3 aromatic rings. The maximum Gasteiger partial charge on any atom is 0.251 e. The molecule has 196 valence electrons. The second kappa shape index (κ2) is 10.5. The first-order valence-electron chi connectivity index (χ1n) is 11.5. The number of ether oxygens (including phenoxy) is 2. The van der Waals surface area contributed by atoms with E-state index in [2.05, 4.69) is 31.9 Å². The molecule has 0 saturated heterocycles. The van der Waals surface area contributed by atoms with Crippen LogP contribution in [0.3, 0.4) is 0 Å². The van der Waals surface area contributed by atoms with Gasteiger partial charge in [0.25, 0.3) is 5.56 Å². The van der Waals surface area contributed by atoms with Gasteiger partial charge >= 0.3 is 0 Å². The Morgan fingerprint density at radius 3 is 2.30 bits per heavy atom. The number of rotatable bonds is 2. The van der Waals surface area contributed by atoms with E-state index in [0.29, 0.717) is 29.3 Å². The summed E-state index contributed by atoms with van der Waals surface area (Å²) in [6, 6.07) is 5.49. The smallest absolute Gasteiger partial charge is 0.251 e. The Balaban J connectivity index is 0.000000173. The molecule has 0 fully saturated rings. The van der Waals surface area contributed by atoms with Crippen LogP contribution in [0.25, 0.3) is 10.9 Å². The number of anilines is 1. The van der Waals surface area contributed by atoms with Crippen LogP contribution in [-0.2, 0) is 9.59 Å². The fourth-order valence-corrected chi connectivity index (χ4v) is 5.33. The predicted molar refractivity (Wildman–Crippen MR) is 143 cm³/mol. The Morgan fingerprint density at radius 1 is 1.00 bits per heavy atom. The zero-order chi connectivity index (χ0) is 27.2. The minimum absolute atomic E-state index is 0.0505. The maximum atomic E-state index is 13.8. The predicted octanol–water partition coefficient (Wildman–Crippen LogP) is 5.85. The second-order valence-electron chi connectivity index (χ2n) is 9.11. The van der Waals surface area contributed by atoms with Gasteiger partial charge in [-0.25, -0.2) is 8.78 Å². The largest absolute Gasteiger partial charge is 0.488 e. The van der Waals surface area contributed by atoms with Crippen molar-refractivity contribution in [2.45, 2.75) is 46.2 Å². The van der Waals surface area contributed by atoms with Crippen LogP contribution >= 0.6 is 31.9 Å². The summed E-state index contributed by atoms with van der Waals surface area (Å²) in [5.74, 6) is -0.610. The molecule has 37 heavy (non-hydrogen) atoms. The third-order valence-electron chi connectivity index (χ3n) is 6.17. The first-order valence-corrected chi connectivity index (χ1v) is 13.1. The number of fused-ring (bicyclic) bond motifs is 1. The number of hydrogen-bond donors (Lipinski definition) is 0. The molecule has 1 aromatic heterocycles. The van der Waals surface area contributed by atoms with Gasteiger partial charge in [-0.05, 0) is 83.3 Å². The van der Waals surface area contributed by atoms with Crippen LogP contribution in [0, 0.1) is 18.6 Å². The summed E-state index contributed by atoms with van der Waals surface area (Å²) in [6.07, 6.45) is -0.168. The highest BCUT2D eigenvalue weighted by molar-refractivity contribution is 9.11. The van der Waals surface area contributed by atoms with Gasteiger partial charge in [-0.3, -0.25) is 19.0 Å². The fourth-order valence-electron chi connectivity index (χ4n) is 4.47. The SMILES string of the molecule is CC(=O)CC(=O)N1c2ccc(F)c(Br)c2OCC1C.Cc1cc(=O)n2c3c(c(Br)c(F)cc13)OCC2C. The van der Waals surface area contributed by atoms with Gasteiger partial charge in [0, 0.05) is 11.5 Å². The van der Waals surface area contributed by atoms with Crippen molar-refractivity contribution in [1.82, 2.24) is 4.57 Å². The lowest BCUT2D eigenvalue weighted by molar-refractivity contribution is -0.126. The van der Waals surface area contributed by atoms with Gasteiger partial charge in [0.05, 0.1) is 38.7 Å². The molecule has 0 N–H and O–H groups in total. The van der Waals surface area contributed by atoms with Crippen molar-refractivity contribution in [2.75, 3.05) is 18.1 Å². The standard InChI is InChI=1S/C13H13BrFNO3.C13H11BrFNO2/c1-7-6-19-13-10(4-3-9(15)12(13)14)16(7)11(18)5-8(2)17;1-6-3-10(17)16-7(2)5-18-13-11(14)9(15)4-8(6)12(13)16/h3-4,7H,5-6H2,1-2H3;3-4,7H,5H2,1-2H3. The molecule has 7 nitrogen and oxygen atoms in total. The number of hydrogen-bond acceptors (Lipinski definition) is 5. The number of aromatic nitrogens is 1. The van der Waals surface area contributed by atoms with Crippen LogP contribution < -0.4 is 19.9 Å². The molecule has 2 aromatic carbocycles. The topological polar surface area (TPSA) is 77.8 Å². The van der Waals surface area contributed by atoms with E-state index in [1.165, 1.54) is 30.0 Å². The Bertz CT molecular complexity index is 1490. The minimum atomic E-state index is -0.452. The fraction of sp³-hybridized carbons (Fsp3) is 0.346. The summed E-state index contributed by atoms with van der Waals surface area (Å²) in [5.41, 5.74) is 1.84. The third-order valence-corrected chi connectivity index (χ3v) is 7.65. The van der Waals surface area contributed by atoms with E-state index in [9.17, 15) is 23.2 Å². The number of ketones is 1. The number of pyridine rings is 1. The van der Waals surface area contributed by atoms with Crippen molar-refractivity contribution >= 4 is 60.1 Å². The van der Waals surface area contributed by atoms with Gasteiger partial charge in [-0.1, -0.05) is 0 Å². The lowest BCUT2D eigenvalue weighted by Crippen LogP contribution is -2.45. The van der Waals surface area contributed by atoms with Gasteiger partial charge in [-0.2, -0.15) is 0 Å². The normalized spacial score (nSPS) is 17.8. The van der Waals surface area contributed by atoms with Crippen LogP contribution in [0.5, 0.6) is 11.5 Å². The average molecular weight is 642 g/mol. The van der Waals surface area contributed by atoms with Gasteiger partial charge in [0.1, 0.15) is 30.6 Å². The Morgan fingerprint density at radius 2 is 1.62 bits per heavy atom. The van der Waals surface area contributed by atoms with Crippen LogP contribution in [-0.4, -0.2) is 35.5 Å². The second-order valence-corrected chi connectivity index (χ2v) is 10.7. The van der Waals surface area contributed by atoms with E-state index < -0.39 is 5.82 Å². The molecular formula is C26H24Br2F2N2O5. The number of halogens is 4. The minimum Gasteiger partial charge on any atom is -0.488 e. The Kier molecular flexibility index (Phi) is 7.75. The molecule has 2 atom stereocenters. The molecule has 2 aliphatic rings. The molecule has 2 aliphatic heterocycles. The molecule has 1 amide bonds. The van der Waals surface area contributed by atoms with Crippen LogP contribution in [0.2, 0.25) is 0 Å². The van der Waals surface area contributed by atoms with Crippen molar-refractivity contribution in [2.24, 2.45) is 0 Å². The molecular weight excluding hydrogens is 618 g/mol. The number of benzene rings is 2. The zero-order valence-corrected chi connectivity index (χ0v) is 23.7. The summed E-state index contributed by atoms with van der Waals surface area (Å²) in [5, 5.41) is 0.719. The van der Waals surface area contributed by atoms with Gasteiger partial charge in [-0.15, -0.1) is 0 Å². The molecule has 3 heterocycles. The molecule has 0 spiro atoms. The Hall–Kier alpha value is -2.79. The van der Waals surface area contributed by atoms with Crippen molar-refractivity contribution in [1.29, 1.82) is 0 Å². The van der Waals surface area contributed by atoms with E-state index >= 15 is 0 Å². The summed E-state index contributed by atoms with van der Waals surface area (Å²) in [7, 11) is 0. The lowest BCUT2D eigenvalue weighted by Gasteiger charge is -2.35. The summed E-state index contributed by atoms with van der Waals surface area (Å²) >= 11 is 6.29. The monoisotopic (exact) mass is 640 g/mol. The number of carbonyl (C=O) groups excluding carboxylic acids is 2.